The summed E-state index contributed by atoms with van der Waals surface area (Å²) in [5.74, 6) is 0. The molecule has 0 aliphatic heterocycles. The van der Waals surface area contributed by atoms with E-state index in [1.165, 1.54) is 0 Å². The van der Waals surface area contributed by atoms with Gasteiger partial charge in [0.25, 0.3) is 0 Å². The zero-order valence-corrected chi connectivity index (χ0v) is 11.6. The summed E-state index contributed by atoms with van der Waals surface area (Å²) < 4.78 is 13.3. The highest BCUT2D eigenvalue weighted by molar-refractivity contribution is 14.1. The van der Waals surface area contributed by atoms with E-state index in [-0.39, 0.29) is 0 Å². The van der Waals surface area contributed by atoms with Crippen molar-refractivity contribution in [3.05, 3.63) is 16.0 Å². The Morgan fingerprint density at radius 2 is 2.06 bits per heavy atom. The molecule has 6 heteroatoms. The van der Waals surface area contributed by atoms with Gasteiger partial charge in [0, 0.05) is 19.4 Å². The van der Waals surface area contributed by atoms with Gasteiger partial charge < -0.3 is 14.6 Å². The quantitative estimate of drug-likeness (QED) is 0.600. The lowest BCUT2D eigenvalue weighted by Crippen LogP contribution is -2.35. The molecular formula is C10H17IN2O3. The van der Waals surface area contributed by atoms with Crippen molar-refractivity contribution in [1.29, 1.82) is 0 Å². The Labute approximate surface area is 109 Å². The van der Waals surface area contributed by atoms with Crippen LogP contribution in [0.15, 0.2) is 12.4 Å². The van der Waals surface area contributed by atoms with E-state index >= 15 is 0 Å². The molecule has 0 spiro atoms. The standard InChI is InChI=1S/C10H17IN2O3/c1-3-15-10(16-4-2)9(14)7-13-6-8(11)5-12-13/h5-6,9-10,14H,3-4,7H2,1-2H3. The Morgan fingerprint density at radius 1 is 1.44 bits per heavy atom. The Morgan fingerprint density at radius 3 is 2.50 bits per heavy atom. The van der Waals surface area contributed by atoms with Gasteiger partial charge >= 0.3 is 0 Å². The van der Waals surface area contributed by atoms with Crippen LogP contribution in [0, 0.1) is 3.57 Å². The Bertz CT molecular complexity index is 300. The average Bonchev–Trinajstić information content (AvgIpc) is 2.63. The summed E-state index contributed by atoms with van der Waals surface area (Å²) in [7, 11) is 0. The van der Waals surface area contributed by atoms with Gasteiger partial charge in [-0.3, -0.25) is 4.68 Å². The summed E-state index contributed by atoms with van der Waals surface area (Å²) in [5.41, 5.74) is 0. The van der Waals surface area contributed by atoms with Gasteiger partial charge in [-0.25, -0.2) is 0 Å². The number of hydrogen-bond donors (Lipinski definition) is 1. The van der Waals surface area contributed by atoms with Crippen LogP contribution >= 0.6 is 22.6 Å². The first-order valence-corrected chi connectivity index (χ1v) is 6.34. The van der Waals surface area contributed by atoms with E-state index in [4.69, 9.17) is 9.47 Å². The second-order valence-electron chi connectivity index (χ2n) is 3.23. The SMILES string of the molecule is CCOC(OCC)C(O)Cn1cc(I)cn1. The minimum atomic E-state index is -0.712. The summed E-state index contributed by atoms with van der Waals surface area (Å²) in [4.78, 5) is 0. The molecule has 0 saturated heterocycles. The highest BCUT2D eigenvalue weighted by atomic mass is 127. The van der Waals surface area contributed by atoms with E-state index in [1.807, 2.05) is 20.0 Å². The molecule has 92 valence electrons. The van der Waals surface area contributed by atoms with Crippen molar-refractivity contribution in [3.8, 4) is 0 Å². The number of nitrogens with zero attached hydrogens (tertiary/aromatic N) is 2. The van der Waals surface area contributed by atoms with Crippen LogP contribution in [0.4, 0.5) is 0 Å². The summed E-state index contributed by atoms with van der Waals surface area (Å²) in [6.45, 7) is 5.13. The van der Waals surface area contributed by atoms with E-state index in [9.17, 15) is 5.11 Å². The first kappa shape index (κ1) is 13.9. The molecule has 16 heavy (non-hydrogen) atoms. The third kappa shape index (κ3) is 4.36. The molecule has 0 aliphatic rings. The number of halogens is 1. The summed E-state index contributed by atoms with van der Waals surface area (Å²) in [6.07, 6.45) is 2.30. The zero-order chi connectivity index (χ0) is 12.0. The van der Waals surface area contributed by atoms with E-state index in [0.29, 0.717) is 19.8 Å². The fraction of sp³-hybridized carbons (Fsp3) is 0.700. The summed E-state index contributed by atoms with van der Waals surface area (Å²) in [5, 5.41) is 14.0. The van der Waals surface area contributed by atoms with Crippen LogP contribution in [0.1, 0.15) is 13.8 Å². The second kappa shape index (κ2) is 7.21. The number of aliphatic hydroxyl groups is 1. The summed E-state index contributed by atoms with van der Waals surface area (Å²) in [6, 6.07) is 0. The molecule has 1 atom stereocenters. The van der Waals surface area contributed by atoms with Gasteiger partial charge in [0.1, 0.15) is 6.10 Å². The van der Waals surface area contributed by atoms with Gasteiger partial charge in [-0.15, -0.1) is 0 Å². The maximum atomic E-state index is 9.92. The molecule has 1 rings (SSSR count). The third-order valence-corrected chi connectivity index (χ3v) is 2.51. The lowest BCUT2D eigenvalue weighted by atomic mass is 10.3. The van der Waals surface area contributed by atoms with Gasteiger partial charge in [-0.2, -0.15) is 5.10 Å². The van der Waals surface area contributed by atoms with Crippen LogP contribution in [0.25, 0.3) is 0 Å². The Kier molecular flexibility index (Phi) is 6.25. The normalized spacial score (nSPS) is 13.3. The number of hydrogen-bond acceptors (Lipinski definition) is 4. The summed E-state index contributed by atoms with van der Waals surface area (Å²) >= 11 is 2.17. The maximum absolute atomic E-state index is 9.92. The molecule has 0 aliphatic carbocycles. The van der Waals surface area contributed by atoms with Gasteiger partial charge in [-0.05, 0) is 36.4 Å². The van der Waals surface area contributed by atoms with Crippen LogP contribution < -0.4 is 0 Å². The van der Waals surface area contributed by atoms with Gasteiger partial charge in [0.15, 0.2) is 6.29 Å². The highest BCUT2D eigenvalue weighted by Gasteiger charge is 2.20. The molecule has 1 aromatic heterocycles. The second-order valence-corrected chi connectivity index (χ2v) is 4.47. The predicted molar refractivity (Wildman–Crippen MR) is 68.0 cm³/mol. The average molecular weight is 340 g/mol. The first-order valence-electron chi connectivity index (χ1n) is 5.26. The van der Waals surface area contributed by atoms with E-state index in [2.05, 4.69) is 27.7 Å². The van der Waals surface area contributed by atoms with Crippen molar-refractivity contribution < 1.29 is 14.6 Å². The van der Waals surface area contributed by atoms with E-state index < -0.39 is 12.4 Å². The molecular weight excluding hydrogens is 323 g/mol. The number of rotatable bonds is 7. The Balaban J connectivity index is 2.50. The number of ether oxygens (including phenoxy) is 2. The van der Waals surface area contributed by atoms with Crippen LogP contribution in [-0.4, -0.2) is 40.5 Å². The maximum Gasteiger partial charge on any atom is 0.185 e. The first-order chi connectivity index (χ1) is 7.67. The molecule has 0 amide bonds. The fourth-order valence-corrected chi connectivity index (χ4v) is 1.76. The van der Waals surface area contributed by atoms with Crippen LogP contribution in [-0.2, 0) is 16.0 Å². The predicted octanol–water partition coefficient (Wildman–Crippen LogP) is 1.25. The van der Waals surface area contributed by atoms with Gasteiger partial charge in [0.2, 0.25) is 0 Å². The molecule has 1 N–H and O–H groups in total. The molecule has 1 heterocycles. The molecule has 1 aromatic rings. The van der Waals surface area contributed by atoms with Gasteiger partial charge in [0.05, 0.1) is 16.3 Å². The van der Waals surface area contributed by atoms with Crippen molar-refractivity contribution in [2.24, 2.45) is 0 Å². The molecule has 0 fully saturated rings. The molecule has 0 saturated carbocycles. The van der Waals surface area contributed by atoms with Crippen LogP contribution in [0.3, 0.4) is 0 Å². The van der Waals surface area contributed by atoms with Crippen molar-refractivity contribution >= 4 is 22.6 Å². The molecule has 0 bridgehead atoms. The van der Waals surface area contributed by atoms with Crippen molar-refractivity contribution in [2.45, 2.75) is 32.8 Å². The minimum absolute atomic E-state index is 0.369. The monoisotopic (exact) mass is 340 g/mol. The lowest BCUT2D eigenvalue weighted by molar-refractivity contribution is -0.192. The Hall–Kier alpha value is -0.180. The highest BCUT2D eigenvalue weighted by Crippen LogP contribution is 2.07. The van der Waals surface area contributed by atoms with Gasteiger partial charge in [-0.1, -0.05) is 0 Å². The molecule has 1 unspecified atom stereocenters. The minimum Gasteiger partial charge on any atom is -0.386 e. The van der Waals surface area contributed by atoms with Crippen molar-refractivity contribution in [1.82, 2.24) is 9.78 Å². The fourth-order valence-electron chi connectivity index (χ4n) is 1.31. The topological polar surface area (TPSA) is 56.5 Å². The van der Waals surface area contributed by atoms with E-state index in [0.717, 1.165) is 3.57 Å². The largest absolute Gasteiger partial charge is 0.386 e. The van der Waals surface area contributed by atoms with Crippen LogP contribution in [0.2, 0.25) is 0 Å². The number of aliphatic hydroxyl groups excluding tert-OH is 1. The van der Waals surface area contributed by atoms with E-state index in [1.54, 1.807) is 10.9 Å². The van der Waals surface area contributed by atoms with Crippen LogP contribution in [0.5, 0.6) is 0 Å². The molecule has 0 radical (unpaired) electrons. The zero-order valence-electron chi connectivity index (χ0n) is 9.47. The molecule has 0 aromatic carbocycles. The molecule has 5 nitrogen and oxygen atoms in total. The smallest absolute Gasteiger partial charge is 0.185 e. The van der Waals surface area contributed by atoms with Crippen molar-refractivity contribution in [3.63, 3.8) is 0 Å². The number of aromatic nitrogens is 2. The van der Waals surface area contributed by atoms with Crippen molar-refractivity contribution in [2.75, 3.05) is 13.2 Å². The lowest BCUT2D eigenvalue weighted by Gasteiger charge is -2.22. The third-order valence-electron chi connectivity index (χ3n) is 1.95.